The van der Waals surface area contributed by atoms with Crippen molar-refractivity contribution in [3.8, 4) is 16.9 Å². The number of sulfonamides is 1. The van der Waals surface area contributed by atoms with Gasteiger partial charge in [-0.25, -0.2) is 13.2 Å². The molecule has 0 bridgehead atoms. The van der Waals surface area contributed by atoms with E-state index in [-0.39, 0.29) is 29.3 Å². The molecular formula is C23H17F3N2O5S. The van der Waals surface area contributed by atoms with Crippen LogP contribution in [0.4, 0.5) is 13.2 Å². The van der Waals surface area contributed by atoms with E-state index in [0.717, 1.165) is 16.7 Å². The second-order valence-electron chi connectivity index (χ2n) is 7.78. The summed E-state index contributed by atoms with van der Waals surface area (Å²) in [5.74, 6) is -0.976. The Bertz CT molecular complexity index is 1540. The molecule has 0 aliphatic carbocycles. The molecule has 11 heteroatoms. The summed E-state index contributed by atoms with van der Waals surface area (Å²) >= 11 is 0. The molecule has 0 atom stereocenters. The van der Waals surface area contributed by atoms with E-state index in [1.165, 1.54) is 34.6 Å². The molecule has 2 heterocycles. The minimum atomic E-state index is -4.76. The predicted molar refractivity (Wildman–Crippen MR) is 117 cm³/mol. The number of fused-ring (bicyclic) bond motifs is 2. The van der Waals surface area contributed by atoms with Crippen molar-refractivity contribution in [2.75, 3.05) is 6.54 Å². The van der Waals surface area contributed by atoms with Crippen LogP contribution in [0.1, 0.15) is 11.1 Å². The molecule has 1 aliphatic rings. The van der Waals surface area contributed by atoms with E-state index in [4.69, 9.17) is 4.42 Å². The van der Waals surface area contributed by atoms with Gasteiger partial charge in [0.15, 0.2) is 5.58 Å². The van der Waals surface area contributed by atoms with Crippen molar-refractivity contribution in [2.24, 2.45) is 0 Å². The van der Waals surface area contributed by atoms with Gasteiger partial charge in [-0.1, -0.05) is 30.3 Å². The SMILES string of the molecule is O=c1[nH]c2ccc(S(=O)(=O)N3CCc4c(cccc4-c4ccc(OC(F)(F)F)cc4)C3)cc2o1. The Hall–Kier alpha value is -3.57. The van der Waals surface area contributed by atoms with Crippen molar-refractivity contribution in [1.82, 2.24) is 9.29 Å². The number of hydrogen-bond acceptors (Lipinski definition) is 5. The van der Waals surface area contributed by atoms with Crippen LogP contribution in [0.15, 0.2) is 74.8 Å². The first-order valence-corrected chi connectivity index (χ1v) is 11.6. The van der Waals surface area contributed by atoms with Crippen molar-refractivity contribution in [1.29, 1.82) is 0 Å². The second kappa shape index (κ2) is 8.03. The summed E-state index contributed by atoms with van der Waals surface area (Å²) < 4.78 is 74.0. The summed E-state index contributed by atoms with van der Waals surface area (Å²) in [6.07, 6.45) is -4.34. The number of benzene rings is 3. The lowest BCUT2D eigenvalue weighted by molar-refractivity contribution is -0.274. The van der Waals surface area contributed by atoms with E-state index in [2.05, 4.69) is 9.72 Å². The third-order valence-corrected chi connectivity index (χ3v) is 7.50. The third kappa shape index (κ3) is 4.19. The minimum absolute atomic E-state index is 0.0163. The van der Waals surface area contributed by atoms with Crippen LogP contribution in [0.5, 0.6) is 5.75 Å². The molecule has 3 aromatic carbocycles. The van der Waals surface area contributed by atoms with Gasteiger partial charge in [0.05, 0.1) is 10.4 Å². The molecule has 0 saturated heterocycles. The van der Waals surface area contributed by atoms with Crippen molar-refractivity contribution in [3.63, 3.8) is 0 Å². The molecule has 5 rings (SSSR count). The van der Waals surface area contributed by atoms with Crippen molar-refractivity contribution in [3.05, 3.63) is 82.3 Å². The summed E-state index contributed by atoms with van der Waals surface area (Å²) in [6, 6.07) is 15.3. The van der Waals surface area contributed by atoms with Crippen LogP contribution in [0, 0.1) is 0 Å². The fourth-order valence-electron chi connectivity index (χ4n) is 4.13. The number of aromatic amines is 1. The van der Waals surface area contributed by atoms with E-state index in [0.29, 0.717) is 17.5 Å². The molecule has 0 saturated carbocycles. The summed E-state index contributed by atoms with van der Waals surface area (Å²) in [4.78, 5) is 13.9. The number of H-pyrrole nitrogens is 1. The third-order valence-electron chi connectivity index (χ3n) is 5.66. The van der Waals surface area contributed by atoms with Gasteiger partial charge in [-0.3, -0.25) is 4.98 Å². The zero-order chi connectivity index (χ0) is 24.1. The van der Waals surface area contributed by atoms with Gasteiger partial charge >= 0.3 is 12.1 Å². The Labute approximate surface area is 191 Å². The maximum atomic E-state index is 13.2. The van der Waals surface area contributed by atoms with E-state index < -0.39 is 22.1 Å². The first-order chi connectivity index (χ1) is 16.1. The molecule has 0 amide bonds. The number of oxazole rings is 1. The summed E-state index contributed by atoms with van der Waals surface area (Å²) in [5, 5.41) is 0. The van der Waals surface area contributed by atoms with Crippen LogP contribution >= 0.6 is 0 Å². The number of nitrogens with one attached hydrogen (secondary N) is 1. The Morgan fingerprint density at radius 3 is 2.53 bits per heavy atom. The highest BCUT2D eigenvalue weighted by Crippen LogP contribution is 2.34. The number of nitrogens with zero attached hydrogens (tertiary/aromatic N) is 1. The largest absolute Gasteiger partial charge is 0.573 e. The summed E-state index contributed by atoms with van der Waals surface area (Å²) in [6.45, 7) is 0.354. The highest BCUT2D eigenvalue weighted by atomic mass is 32.2. The number of hydrogen-bond donors (Lipinski definition) is 1. The number of ether oxygens (including phenoxy) is 1. The van der Waals surface area contributed by atoms with Gasteiger partial charge in [-0.2, -0.15) is 4.31 Å². The van der Waals surface area contributed by atoms with Crippen LogP contribution < -0.4 is 10.5 Å². The molecule has 0 unspecified atom stereocenters. The van der Waals surface area contributed by atoms with Gasteiger partial charge in [0.1, 0.15) is 5.75 Å². The van der Waals surface area contributed by atoms with E-state index in [9.17, 15) is 26.4 Å². The van der Waals surface area contributed by atoms with Crippen molar-refractivity contribution < 1.29 is 30.7 Å². The molecule has 0 radical (unpaired) electrons. The minimum Gasteiger partial charge on any atom is -0.408 e. The van der Waals surface area contributed by atoms with Gasteiger partial charge in [0.25, 0.3) is 0 Å². The van der Waals surface area contributed by atoms with Crippen LogP contribution in [-0.4, -0.2) is 30.6 Å². The van der Waals surface area contributed by atoms with Crippen LogP contribution in [0.3, 0.4) is 0 Å². The zero-order valence-electron chi connectivity index (χ0n) is 17.4. The Morgan fingerprint density at radius 1 is 1.03 bits per heavy atom. The Kier molecular flexibility index (Phi) is 5.25. The maximum Gasteiger partial charge on any atom is 0.573 e. The first kappa shape index (κ1) is 22.2. The molecule has 0 spiro atoms. The Balaban J connectivity index is 1.42. The smallest absolute Gasteiger partial charge is 0.408 e. The van der Waals surface area contributed by atoms with Gasteiger partial charge in [0, 0.05) is 19.2 Å². The lowest BCUT2D eigenvalue weighted by atomic mass is 9.91. The first-order valence-electron chi connectivity index (χ1n) is 10.2. The summed E-state index contributed by atoms with van der Waals surface area (Å²) in [5.41, 5.74) is 3.83. The molecule has 1 N–H and O–H groups in total. The average Bonchev–Trinajstić information content (AvgIpc) is 3.17. The van der Waals surface area contributed by atoms with Crippen LogP contribution in [0.25, 0.3) is 22.2 Å². The number of aromatic nitrogens is 1. The predicted octanol–water partition coefficient (Wildman–Crippen LogP) is 4.43. The quantitative estimate of drug-likeness (QED) is 0.457. The van der Waals surface area contributed by atoms with Gasteiger partial charge in [0.2, 0.25) is 10.0 Å². The zero-order valence-corrected chi connectivity index (χ0v) is 18.2. The standard InChI is InChI=1S/C23H17F3N2O5S/c24-23(25,26)33-16-6-4-14(5-7-16)18-3-1-2-15-13-28(11-10-19(15)18)34(30,31)17-8-9-20-21(12-17)32-22(29)27-20/h1-9,12H,10-11,13H2,(H,27,29). The van der Waals surface area contributed by atoms with E-state index in [1.54, 1.807) is 18.2 Å². The molecule has 4 aromatic rings. The molecule has 1 aliphatic heterocycles. The van der Waals surface area contributed by atoms with Gasteiger partial charge < -0.3 is 9.15 Å². The van der Waals surface area contributed by atoms with Gasteiger partial charge in [-0.05, 0) is 52.9 Å². The fraction of sp³-hybridized carbons (Fsp3) is 0.174. The van der Waals surface area contributed by atoms with E-state index in [1.807, 2.05) is 12.1 Å². The number of halogens is 3. The van der Waals surface area contributed by atoms with Gasteiger partial charge in [-0.15, -0.1) is 13.2 Å². The Morgan fingerprint density at radius 2 is 1.79 bits per heavy atom. The maximum absolute atomic E-state index is 13.2. The molecule has 34 heavy (non-hydrogen) atoms. The molecule has 7 nitrogen and oxygen atoms in total. The fourth-order valence-corrected chi connectivity index (χ4v) is 5.57. The lowest BCUT2D eigenvalue weighted by Gasteiger charge is -2.29. The summed E-state index contributed by atoms with van der Waals surface area (Å²) in [7, 11) is -3.85. The second-order valence-corrected chi connectivity index (χ2v) is 9.71. The highest BCUT2D eigenvalue weighted by Gasteiger charge is 2.32. The van der Waals surface area contributed by atoms with Crippen LogP contribution in [-0.2, 0) is 23.0 Å². The monoisotopic (exact) mass is 490 g/mol. The van der Waals surface area contributed by atoms with Crippen molar-refractivity contribution in [2.45, 2.75) is 24.2 Å². The number of rotatable bonds is 4. The lowest BCUT2D eigenvalue weighted by Crippen LogP contribution is -2.36. The number of alkyl halides is 3. The van der Waals surface area contributed by atoms with E-state index >= 15 is 0 Å². The molecule has 0 fully saturated rings. The molecule has 1 aromatic heterocycles. The molecule has 176 valence electrons. The normalized spacial score (nSPS) is 14.8. The molecular weight excluding hydrogens is 473 g/mol. The van der Waals surface area contributed by atoms with Crippen molar-refractivity contribution >= 4 is 21.1 Å². The van der Waals surface area contributed by atoms with Crippen LogP contribution in [0.2, 0.25) is 0 Å². The average molecular weight is 490 g/mol. The topological polar surface area (TPSA) is 92.6 Å². The highest BCUT2D eigenvalue weighted by molar-refractivity contribution is 7.89.